The predicted molar refractivity (Wildman–Crippen MR) is 84.3 cm³/mol. The van der Waals surface area contributed by atoms with Crippen molar-refractivity contribution in [2.75, 3.05) is 6.61 Å². The molecule has 7 nitrogen and oxygen atoms in total. The molecule has 1 heterocycles. The lowest BCUT2D eigenvalue weighted by molar-refractivity contribution is -0.128. The van der Waals surface area contributed by atoms with Gasteiger partial charge in [-0.2, -0.15) is 0 Å². The molecule has 0 saturated carbocycles. The lowest BCUT2D eigenvalue weighted by Crippen LogP contribution is -2.43. The van der Waals surface area contributed by atoms with E-state index in [1.807, 2.05) is 30.3 Å². The molecule has 0 fully saturated rings. The average Bonchev–Trinajstić information content (AvgIpc) is 2.99. The van der Waals surface area contributed by atoms with Crippen LogP contribution in [-0.4, -0.2) is 35.5 Å². The molecular formula is C17H18N2O5. The highest BCUT2D eigenvalue weighted by molar-refractivity contribution is 5.91. The van der Waals surface area contributed by atoms with E-state index in [0.29, 0.717) is 12.1 Å². The van der Waals surface area contributed by atoms with Gasteiger partial charge in [-0.1, -0.05) is 35.5 Å². The molecule has 1 atom stereocenters. The van der Waals surface area contributed by atoms with Gasteiger partial charge in [0.2, 0.25) is 5.76 Å². The van der Waals surface area contributed by atoms with Gasteiger partial charge in [0.25, 0.3) is 5.91 Å². The van der Waals surface area contributed by atoms with Crippen molar-refractivity contribution in [3.05, 3.63) is 53.4 Å². The van der Waals surface area contributed by atoms with Gasteiger partial charge in [0.15, 0.2) is 12.4 Å². The van der Waals surface area contributed by atoms with E-state index in [1.165, 1.54) is 13.0 Å². The Morgan fingerprint density at radius 3 is 2.54 bits per heavy atom. The summed E-state index contributed by atoms with van der Waals surface area (Å²) in [5, 5.41) is 6.13. The predicted octanol–water partition coefficient (Wildman–Crippen LogP) is 1.46. The third-order valence-corrected chi connectivity index (χ3v) is 3.27. The van der Waals surface area contributed by atoms with Gasteiger partial charge >= 0.3 is 5.97 Å². The first-order chi connectivity index (χ1) is 11.5. The molecule has 0 aliphatic rings. The third kappa shape index (κ3) is 5.05. The highest BCUT2D eigenvalue weighted by atomic mass is 16.6. The van der Waals surface area contributed by atoms with Crippen molar-refractivity contribution in [2.45, 2.75) is 26.3 Å². The Morgan fingerprint density at radius 1 is 1.25 bits per heavy atom. The molecule has 2 rings (SSSR count). The maximum atomic E-state index is 11.9. The van der Waals surface area contributed by atoms with Gasteiger partial charge < -0.3 is 14.6 Å². The fourth-order valence-corrected chi connectivity index (χ4v) is 2.04. The number of ketones is 1. The van der Waals surface area contributed by atoms with Crippen LogP contribution in [0.4, 0.5) is 0 Å². The Hall–Kier alpha value is -2.96. The van der Waals surface area contributed by atoms with Crippen LogP contribution in [0.1, 0.15) is 28.7 Å². The zero-order valence-electron chi connectivity index (χ0n) is 13.4. The minimum Gasteiger partial charge on any atom is -0.450 e. The summed E-state index contributed by atoms with van der Waals surface area (Å²) in [7, 11) is 0. The Kier molecular flexibility index (Phi) is 5.83. The van der Waals surface area contributed by atoms with E-state index in [0.717, 1.165) is 5.56 Å². The second-order valence-corrected chi connectivity index (χ2v) is 5.33. The number of aryl methyl sites for hydroxylation is 1. The lowest BCUT2D eigenvalue weighted by atomic mass is 10.0. The molecule has 1 amide bonds. The summed E-state index contributed by atoms with van der Waals surface area (Å²) >= 11 is 0. The van der Waals surface area contributed by atoms with Crippen LogP contribution in [0.2, 0.25) is 0 Å². The second kappa shape index (κ2) is 8.05. The van der Waals surface area contributed by atoms with Crippen LogP contribution >= 0.6 is 0 Å². The average molecular weight is 330 g/mol. The Balaban J connectivity index is 1.86. The van der Waals surface area contributed by atoms with E-state index in [9.17, 15) is 14.4 Å². The maximum absolute atomic E-state index is 11.9. The molecule has 0 unspecified atom stereocenters. The second-order valence-electron chi connectivity index (χ2n) is 5.33. The molecular weight excluding hydrogens is 312 g/mol. The minimum atomic E-state index is -0.784. The summed E-state index contributed by atoms with van der Waals surface area (Å²) < 4.78 is 9.58. The van der Waals surface area contributed by atoms with E-state index >= 15 is 0 Å². The van der Waals surface area contributed by atoms with Crippen molar-refractivity contribution in [3.63, 3.8) is 0 Å². The molecule has 1 aromatic carbocycles. The zero-order chi connectivity index (χ0) is 17.5. The number of hydrogen-bond donors (Lipinski definition) is 1. The van der Waals surface area contributed by atoms with Crippen molar-refractivity contribution < 1.29 is 23.6 Å². The number of benzene rings is 1. The largest absolute Gasteiger partial charge is 0.450 e. The van der Waals surface area contributed by atoms with E-state index in [4.69, 9.17) is 9.26 Å². The molecule has 1 aromatic heterocycles. The van der Waals surface area contributed by atoms with Gasteiger partial charge in [-0.05, 0) is 25.8 Å². The highest BCUT2D eigenvalue weighted by Gasteiger charge is 2.20. The number of hydrogen-bond acceptors (Lipinski definition) is 6. The van der Waals surface area contributed by atoms with E-state index in [2.05, 4.69) is 10.5 Å². The van der Waals surface area contributed by atoms with Crippen LogP contribution in [0.3, 0.4) is 0 Å². The van der Waals surface area contributed by atoms with Gasteiger partial charge in [-0.3, -0.25) is 9.59 Å². The number of carbonyl (C=O) groups is 3. The van der Waals surface area contributed by atoms with Crippen LogP contribution in [0.5, 0.6) is 0 Å². The first-order valence-electron chi connectivity index (χ1n) is 7.40. The number of rotatable bonds is 7. The molecule has 0 aliphatic heterocycles. The smallest absolute Gasteiger partial charge is 0.377 e. The molecule has 0 saturated heterocycles. The number of carbonyl (C=O) groups excluding carboxylic acids is 3. The summed E-state index contributed by atoms with van der Waals surface area (Å²) in [4.78, 5) is 35.3. The highest BCUT2D eigenvalue weighted by Crippen LogP contribution is 2.05. The molecule has 0 aliphatic carbocycles. The maximum Gasteiger partial charge on any atom is 0.377 e. The monoisotopic (exact) mass is 330 g/mol. The third-order valence-electron chi connectivity index (χ3n) is 3.27. The summed E-state index contributed by atoms with van der Waals surface area (Å²) in [6.07, 6.45) is 0.372. The topological polar surface area (TPSA) is 98.5 Å². The summed E-state index contributed by atoms with van der Waals surface area (Å²) in [5.74, 6) is -1.60. The molecule has 0 bridgehead atoms. The number of nitrogens with one attached hydrogen (secondary N) is 1. The number of nitrogens with zero attached hydrogens (tertiary/aromatic N) is 1. The van der Waals surface area contributed by atoms with Crippen LogP contribution in [0.15, 0.2) is 40.9 Å². The SMILES string of the molecule is CC(=O)[C@H](Cc1ccccc1)NC(=O)COC(=O)c1cc(C)no1. The van der Waals surface area contributed by atoms with Crippen LogP contribution < -0.4 is 5.32 Å². The fraction of sp³-hybridized carbons (Fsp3) is 0.294. The number of Topliss-reactive ketones (excluding diaryl/α,β-unsaturated/α-hetero) is 1. The van der Waals surface area contributed by atoms with Gasteiger partial charge in [0.05, 0.1) is 11.7 Å². The fourth-order valence-electron chi connectivity index (χ4n) is 2.04. The van der Waals surface area contributed by atoms with E-state index < -0.39 is 24.5 Å². The van der Waals surface area contributed by atoms with Crippen molar-refractivity contribution in [2.24, 2.45) is 0 Å². The van der Waals surface area contributed by atoms with Crippen LogP contribution in [0, 0.1) is 6.92 Å². The summed E-state index contributed by atoms with van der Waals surface area (Å²) in [5.41, 5.74) is 1.46. The molecule has 2 aromatic rings. The number of esters is 1. The Morgan fingerprint density at radius 2 is 1.96 bits per heavy atom. The summed E-state index contributed by atoms with van der Waals surface area (Å²) in [6, 6.07) is 10.1. The first kappa shape index (κ1) is 17.4. The molecule has 24 heavy (non-hydrogen) atoms. The van der Waals surface area contributed by atoms with Crippen molar-refractivity contribution in [1.29, 1.82) is 0 Å². The quantitative estimate of drug-likeness (QED) is 0.772. The normalized spacial score (nSPS) is 11.6. The Labute approximate surface area is 139 Å². The number of ether oxygens (including phenoxy) is 1. The molecule has 0 spiro atoms. The first-order valence-corrected chi connectivity index (χ1v) is 7.40. The molecule has 1 N–H and O–H groups in total. The molecule has 7 heteroatoms. The van der Waals surface area contributed by atoms with E-state index in [-0.39, 0.29) is 11.5 Å². The Bertz CT molecular complexity index is 724. The van der Waals surface area contributed by atoms with Crippen molar-refractivity contribution >= 4 is 17.7 Å². The van der Waals surface area contributed by atoms with Gasteiger partial charge in [0.1, 0.15) is 0 Å². The van der Waals surface area contributed by atoms with Gasteiger partial charge in [0, 0.05) is 6.07 Å². The van der Waals surface area contributed by atoms with Gasteiger partial charge in [-0.25, -0.2) is 4.79 Å². The number of aromatic nitrogens is 1. The van der Waals surface area contributed by atoms with Gasteiger partial charge in [-0.15, -0.1) is 0 Å². The number of amides is 1. The minimum absolute atomic E-state index is 0.0762. The standard InChI is InChI=1S/C17H18N2O5/c1-11-8-15(24-19-11)17(22)23-10-16(21)18-14(12(2)20)9-13-6-4-3-5-7-13/h3-8,14H,9-10H2,1-2H3,(H,18,21)/t14-/m0/s1. The molecule has 126 valence electrons. The van der Waals surface area contributed by atoms with Crippen LogP contribution in [0.25, 0.3) is 0 Å². The van der Waals surface area contributed by atoms with Crippen LogP contribution in [-0.2, 0) is 20.7 Å². The summed E-state index contributed by atoms with van der Waals surface area (Å²) in [6.45, 7) is 2.56. The van der Waals surface area contributed by atoms with E-state index in [1.54, 1.807) is 6.92 Å². The molecule has 0 radical (unpaired) electrons. The van der Waals surface area contributed by atoms with Crippen molar-refractivity contribution in [1.82, 2.24) is 10.5 Å². The lowest BCUT2D eigenvalue weighted by Gasteiger charge is -2.16. The zero-order valence-corrected chi connectivity index (χ0v) is 13.4. The van der Waals surface area contributed by atoms with Crippen molar-refractivity contribution in [3.8, 4) is 0 Å².